The van der Waals surface area contributed by atoms with E-state index in [9.17, 15) is 18.0 Å². The molecular weight excluding hydrogens is 503 g/mol. The van der Waals surface area contributed by atoms with Crippen LogP contribution in [0.15, 0.2) is 72.9 Å². The predicted molar refractivity (Wildman–Crippen MR) is 142 cm³/mol. The summed E-state index contributed by atoms with van der Waals surface area (Å²) in [5.74, 6) is 1.22. The van der Waals surface area contributed by atoms with Crippen LogP contribution in [0.3, 0.4) is 0 Å². The van der Waals surface area contributed by atoms with Crippen molar-refractivity contribution in [2.45, 2.75) is 56.7 Å². The highest BCUT2D eigenvalue weighted by Crippen LogP contribution is 2.53. The predicted octanol–water partition coefficient (Wildman–Crippen LogP) is 6.57. The number of carbonyl (C=O) groups excluding carboxylic acids is 1. The molecule has 204 valence electrons. The van der Waals surface area contributed by atoms with Crippen LogP contribution in [0.1, 0.15) is 55.2 Å². The van der Waals surface area contributed by atoms with E-state index in [4.69, 9.17) is 0 Å². The first-order chi connectivity index (χ1) is 19.0. The Kier molecular flexibility index (Phi) is 7.19. The fourth-order valence-electron chi connectivity index (χ4n) is 6.11. The number of halogens is 3. The van der Waals surface area contributed by atoms with Crippen LogP contribution in [0.5, 0.6) is 5.75 Å². The van der Waals surface area contributed by atoms with E-state index in [1.807, 2.05) is 30.3 Å². The highest BCUT2D eigenvalue weighted by atomic mass is 19.3. The van der Waals surface area contributed by atoms with Crippen LogP contribution in [0.4, 0.5) is 19.0 Å². The molecule has 2 aliphatic carbocycles. The monoisotopic (exact) mass is 535 g/mol. The van der Waals surface area contributed by atoms with Crippen molar-refractivity contribution in [2.75, 3.05) is 18.0 Å². The zero-order chi connectivity index (χ0) is 26.9. The van der Waals surface area contributed by atoms with Crippen LogP contribution in [0.2, 0.25) is 0 Å². The summed E-state index contributed by atoms with van der Waals surface area (Å²) in [4.78, 5) is 23.2. The molecule has 6 rings (SSSR count). The summed E-state index contributed by atoms with van der Waals surface area (Å²) in [6.45, 7) is -1.28. The maximum absolute atomic E-state index is 14.3. The van der Waals surface area contributed by atoms with Crippen LogP contribution >= 0.6 is 0 Å². The Morgan fingerprint density at radius 2 is 1.67 bits per heavy atom. The number of carbonyl (C=O) groups is 1. The SMILES string of the molecule is O=C(C1CC1c1ccc(F)cc1)N(C1CCN(c2ccccn2)CC1)C(c1ccc(OC(F)F)cc1)C1CC1. The number of benzene rings is 2. The van der Waals surface area contributed by atoms with Gasteiger partial charge in [0.15, 0.2) is 0 Å². The molecule has 0 radical (unpaired) electrons. The Bertz CT molecular complexity index is 1260. The number of anilines is 1. The molecule has 3 aliphatic rings. The summed E-state index contributed by atoms with van der Waals surface area (Å²) >= 11 is 0. The zero-order valence-corrected chi connectivity index (χ0v) is 21.6. The Morgan fingerprint density at radius 1 is 0.949 bits per heavy atom. The smallest absolute Gasteiger partial charge is 0.387 e. The van der Waals surface area contributed by atoms with E-state index < -0.39 is 6.61 Å². The second-order valence-electron chi connectivity index (χ2n) is 10.9. The van der Waals surface area contributed by atoms with E-state index in [1.165, 1.54) is 12.1 Å². The highest BCUT2D eigenvalue weighted by Gasteiger charge is 2.51. The second kappa shape index (κ2) is 10.9. The number of nitrogens with zero attached hydrogens (tertiary/aromatic N) is 3. The molecular formula is C31H32F3N3O2. The van der Waals surface area contributed by atoms with Gasteiger partial charge in [-0.25, -0.2) is 9.37 Å². The maximum Gasteiger partial charge on any atom is 0.387 e. The van der Waals surface area contributed by atoms with Crippen molar-refractivity contribution in [1.29, 1.82) is 0 Å². The average molecular weight is 536 g/mol. The van der Waals surface area contributed by atoms with Gasteiger partial charge in [0.2, 0.25) is 5.91 Å². The van der Waals surface area contributed by atoms with Gasteiger partial charge in [-0.15, -0.1) is 0 Å². The van der Waals surface area contributed by atoms with Crippen LogP contribution in [0, 0.1) is 17.7 Å². The number of hydrogen-bond acceptors (Lipinski definition) is 4. The molecule has 8 heteroatoms. The molecule has 0 N–H and O–H groups in total. The summed E-state index contributed by atoms with van der Waals surface area (Å²) in [7, 11) is 0. The summed E-state index contributed by atoms with van der Waals surface area (Å²) in [6, 6.07) is 19.1. The lowest BCUT2D eigenvalue weighted by atomic mass is 9.93. The number of rotatable bonds is 9. The number of amides is 1. The average Bonchev–Trinajstić information content (AvgIpc) is 3.88. The second-order valence-corrected chi connectivity index (χ2v) is 10.9. The molecule has 0 spiro atoms. The van der Waals surface area contributed by atoms with E-state index >= 15 is 0 Å². The molecule has 1 aliphatic heterocycles. The highest BCUT2D eigenvalue weighted by molar-refractivity contribution is 5.84. The number of pyridine rings is 1. The van der Waals surface area contributed by atoms with Crippen molar-refractivity contribution in [3.05, 3.63) is 89.9 Å². The van der Waals surface area contributed by atoms with Gasteiger partial charge < -0.3 is 14.5 Å². The van der Waals surface area contributed by atoms with E-state index in [1.54, 1.807) is 30.5 Å². The number of alkyl halides is 2. The molecule has 1 amide bonds. The molecule has 0 bridgehead atoms. The third-order valence-electron chi connectivity index (χ3n) is 8.31. The zero-order valence-electron chi connectivity index (χ0n) is 21.6. The Labute approximate surface area is 226 Å². The Hall–Kier alpha value is -3.55. The van der Waals surface area contributed by atoms with Crippen molar-refractivity contribution in [3.8, 4) is 5.75 Å². The summed E-state index contributed by atoms with van der Waals surface area (Å²) in [6.07, 6.45) is 6.26. The van der Waals surface area contributed by atoms with Gasteiger partial charge in [0, 0.05) is 31.2 Å². The fourth-order valence-corrected chi connectivity index (χ4v) is 6.11. The fraction of sp³-hybridized carbons (Fsp3) is 0.419. The first-order valence-electron chi connectivity index (χ1n) is 13.8. The van der Waals surface area contributed by atoms with Gasteiger partial charge >= 0.3 is 6.61 Å². The minimum absolute atomic E-state index is 0.0644. The van der Waals surface area contributed by atoms with Crippen molar-refractivity contribution in [3.63, 3.8) is 0 Å². The van der Waals surface area contributed by atoms with Gasteiger partial charge in [0.25, 0.3) is 0 Å². The largest absolute Gasteiger partial charge is 0.435 e. The van der Waals surface area contributed by atoms with E-state index in [0.717, 1.165) is 62.1 Å². The first kappa shape index (κ1) is 25.7. The molecule has 5 nitrogen and oxygen atoms in total. The molecule has 1 saturated heterocycles. The molecule has 3 atom stereocenters. The number of ether oxygens (including phenoxy) is 1. The molecule has 3 fully saturated rings. The quantitative estimate of drug-likeness (QED) is 0.311. The van der Waals surface area contributed by atoms with Crippen molar-refractivity contribution in [2.24, 2.45) is 11.8 Å². The van der Waals surface area contributed by atoms with Crippen molar-refractivity contribution >= 4 is 11.7 Å². The molecule has 2 heterocycles. The van der Waals surface area contributed by atoms with Gasteiger partial charge in [-0.05, 0) is 91.5 Å². The minimum atomic E-state index is -2.88. The molecule has 3 unspecified atom stereocenters. The van der Waals surface area contributed by atoms with Crippen molar-refractivity contribution in [1.82, 2.24) is 9.88 Å². The Morgan fingerprint density at radius 3 is 2.28 bits per heavy atom. The van der Waals surface area contributed by atoms with Crippen molar-refractivity contribution < 1.29 is 22.7 Å². The van der Waals surface area contributed by atoms with Crippen LogP contribution in [-0.4, -0.2) is 41.5 Å². The lowest BCUT2D eigenvalue weighted by Gasteiger charge is -2.43. The van der Waals surface area contributed by atoms with E-state index in [-0.39, 0.29) is 41.4 Å². The lowest BCUT2D eigenvalue weighted by Crippen LogP contribution is -2.50. The molecule has 3 aromatic rings. The van der Waals surface area contributed by atoms with Gasteiger partial charge in [-0.2, -0.15) is 8.78 Å². The molecule has 2 saturated carbocycles. The maximum atomic E-state index is 14.3. The van der Waals surface area contributed by atoms with E-state index in [2.05, 4.69) is 19.5 Å². The van der Waals surface area contributed by atoms with Gasteiger partial charge in [0.05, 0.1) is 6.04 Å². The molecule has 39 heavy (non-hydrogen) atoms. The Balaban J connectivity index is 1.26. The third kappa shape index (κ3) is 5.75. The van der Waals surface area contributed by atoms with Gasteiger partial charge in [0.1, 0.15) is 17.4 Å². The number of aromatic nitrogens is 1. The third-order valence-corrected chi connectivity index (χ3v) is 8.31. The van der Waals surface area contributed by atoms with Gasteiger partial charge in [-0.3, -0.25) is 4.79 Å². The van der Waals surface area contributed by atoms with Crippen LogP contribution in [0.25, 0.3) is 0 Å². The standard InChI is InChI=1S/C31H32F3N3O2/c32-23-10-6-20(7-11-23)26-19-27(26)30(38)37(24-14-17-36(18-15-24)28-3-1-2-16-35-28)29(21-4-5-21)22-8-12-25(13-9-22)39-31(33)34/h1-3,6-13,16,21,24,26-27,29,31H,4-5,14-15,17-19H2. The van der Waals surface area contributed by atoms with Gasteiger partial charge in [-0.1, -0.05) is 30.3 Å². The lowest BCUT2D eigenvalue weighted by molar-refractivity contribution is -0.139. The molecule has 2 aromatic carbocycles. The van der Waals surface area contributed by atoms with E-state index in [0.29, 0.717) is 5.92 Å². The number of hydrogen-bond donors (Lipinski definition) is 0. The number of piperidine rings is 1. The summed E-state index contributed by atoms with van der Waals surface area (Å²) < 4.78 is 43.6. The minimum Gasteiger partial charge on any atom is -0.435 e. The normalized spacial score (nSPS) is 22.0. The van der Waals surface area contributed by atoms with Crippen LogP contribution in [-0.2, 0) is 4.79 Å². The summed E-state index contributed by atoms with van der Waals surface area (Å²) in [5.41, 5.74) is 1.95. The topological polar surface area (TPSA) is 45.7 Å². The first-order valence-corrected chi connectivity index (χ1v) is 13.8. The van der Waals surface area contributed by atoms with Crippen LogP contribution < -0.4 is 9.64 Å². The summed E-state index contributed by atoms with van der Waals surface area (Å²) in [5, 5.41) is 0. The molecule has 1 aromatic heterocycles.